The van der Waals surface area contributed by atoms with Crippen molar-refractivity contribution in [3.63, 3.8) is 0 Å². The second-order valence-corrected chi connectivity index (χ2v) is 5.55. The van der Waals surface area contributed by atoms with Crippen LogP contribution in [-0.2, 0) is 11.3 Å². The van der Waals surface area contributed by atoms with Gasteiger partial charge in [0, 0.05) is 25.8 Å². The van der Waals surface area contributed by atoms with E-state index in [0.29, 0.717) is 19.7 Å². The molecule has 1 aromatic rings. The Morgan fingerprint density at radius 3 is 2.48 bits per heavy atom. The van der Waals surface area contributed by atoms with Crippen molar-refractivity contribution in [1.29, 1.82) is 0 Å². The quantitative estimate of drug-likeness (QED) is 0.374. The molecule has 0 fully saturated rings. The largest absolute Gasteiger partial charge is 0.494 e. The van der Waals surface area contributed by atoms with Crippen LogP contribution in [0.5, 0.6) is 5.75 Å². The fourth-order valence-electron chi connectivity index (χ4n) is 1.81. The molecule has 0 saturated carbocycles. The van der Waals surface area contributed by atoms with E-state index in [1.54, 1.807) is 7.11 Å². The van der Waals surface area contributed by atoms with Gasteiger partial charge < -0.3 is 20.1 Å². The Hall–Kier alpha value is -1.02. The van der Waals surface area contributed by atoms with E-state index in [-0.39, 0.29) is 29.6 Å². The van der Waals surface area contributed by atoms with Crippen molar-refractivity contribution in [2.45, 2.75) is 39.8 Å². The molecule has 0 heterocycles. The highest BCUT2D eigenvalue weighted by Gasteiger charge is 2.16. The smallest absolute Gasteiger partial charge is 0.191 e. The molecule has 0 spiro atoms. The summed E-state index contributed by atoms with van der Waals surface area (Å²) in [5, 5.41) is 6.55. The fourth-order valence-corrected chi connectivity index (χ4v) is 1.81. The van der Waals surface area contributed by atoms with Gasteiger partial charge in [-0.15, -0.1) is 24.0 Å². The maximum absolute atomic E-state index is 5.63. The molecule has 0 aliphatic carbocycles. The van der Waals surface area contributed by atoms with Crippen molar-refractivity contribution in [1.82, 2.24) is 10.6 Å². The van der Waals surface area contributed by atoms with E-state index < -0.39 is 0 Å². The second kappa shape index (κ2) is 11.5. The number of guanidine groups is 1. The first-order valence-electron chi connectivity index (χ1n) is 7.80. The third kappa shape index (κ3) is 8.41. The topological polar surface area (TPSA) is 54.9 Å². The van der Waals surface area contributed by atoms with Crippen LogP contribution in [0.25, 0.3) is 0 Å². The van der Waals surface area contributed by atoms with Gasteiger partial charge in [-0.25, -0.2) is 4.99 Å². The summed E-state index contributed by atoms with van der Waals surface area (Å²) in [6.45, 7) is 10.8. The maximum atomic E-state index is 5.63. The molecule has 0 saturated heterocycles. The number of halogens is 1. The molecule has 0 aliphatic rings. The summed E-state index contributed by atoms with van der Waals surface area (Å²) in [6.07, 6.45) is 0. The minimum Gasteiger partial charge on any atom is -0.494 e. The number of hydrogen-bond acceptors (Lipinski definition) is 3. The standard InChI is InChI=1S/C17H29N3O2.HI/c1-6-18-16(20-13-17(3,4)21-5)19-12-14-10-8-9-11-15(14)22-7-2;/h8-11H,6-7,12-13H2,1-5H3,(H2,18,19,20);1H. The monoisotopic (exact) mass is 435 g/mol. The molecule has 0 radical (unpaired) electrons. The highest BCUT2D eigenvalue weighted by Crippen LogP contribution is 2.18. The van der Waals surface area contributed by atoms with Gasteiger partial charge in [0.25, 0.3) is 0 Å². The molecular formula is C17H30IN3O2. The number of para-hydroxylation sites is 1. The Kier molecular flexibility index (Phi) is 11.0. The zero-order valence-electron chi connectivity index (χ0n) is 14.8. The van der Waals surface area contributed by atoms with Gasteiger partial charge in [0.2, 0.25) is 0 Å². The number of nitrogens with one attached hydrogen (secondary N) is 2. The van der Waals surface area contributed by atoms with Gasteiger partial charge in [-0.3, -0.25) is 0 Å². The number of aliphatic imine (C=N–C) groups is 1. The van der Waals surface area contributed by atoms with Crippen molar-refractivity contribution in [2.24, 2.45) is 4.99 Å². The van der Waals surface area contributed by atoms with E-state index in [1.165, 1.54) is 0 Å². The molecular weight excluding hydrogens is 405 g/mol. The van der Waals surface area contributed by atoms with Gasteiger partial charge in [-0.1, -0.05) is 18.2 Å². The lowest BCUT2D eigenvalue weighted by Crippen LogP contribution is -2.45. The Labute approximate surface area is 157 Å². The fraction of sp³-hybridized carbons (Fsp3) is 0.588. The van der Waals surface area contributed by atoms with E-state index in [1.807, 2.05) is 52.0 Å². The Bertz CT molecular complexity index is 479. The van der Waals surface area contributed by atoms with Crippen LogP contribution in [0.4, 0.5) is 0 Å². The predicted octanol–water partition coefficient (Wildman–Crippen LogP) is 3.18. The van der Waals surface area contributed by atoms with Gasteiger partial charge in [-0.2, -0.15) is 0 Å². The first kappa shape index (κ1) is 22.0. The Morgan fingerprint density at radius 1 is 1.17 bits per heavy atom. The van der Waals surface area contributed by atoms with Crippen molar-refractivity contribution >= 4 is 29.9 Å². The lowest BCUT2D eigenvalue weighted by Gasteiger charge is -2.24. The molecule has 2 N–H and O–H groups in total. The first-order chi connectivity index (χ1) is 10.5. The number of ether oxygens (including phenoxy) is 2. The van der Waals surface area contributed by atoms with Crippen molar-refractivity contribution in [3.8, 4) is 5.75 Å². The highest BCUT2D eigenvalue weighted by atomic mass is 127. The summed E-state index contributed by atoms with van der Waals surface area (Å²) in [6, 6.07) is 7.99. The molecule has 0 unspecified atom stereocenters. The lowest BCUT2D eigenvalue weighted by molar-refractivity contribution is 0.0268. The molecule has 1 rings (SSSR count). The van der Waals surface area contributed by atoms with Crippen molar-refractivity contribution in [3.05, 3.63) is 29.8 Å². The molecule has 0 bridgehead atoms. The minimum absolute atomic E-state index is 0. The van der Waals surface area contributed by atoms with Gasteiger partial charge in [0.15, 0.2) is 5.96 Å². The zero-order valence-corrected chi connectivity index (χ0v) is 17.1. The van der Waals surface area contributed by atoms with Crippen molar-refractivity contribution < 1.29 is 9.47 Å². The zero-order chi connectivity index (χ0) is 16.4. The third-order valence-electron chi connectivity index (χ3n) is 3.26. The highest BCUT2D eigenvalue weighted by molar-refractivity contribution is 14.0. The summed E-state index contributed by atoms with van der Waals surface area (Å²) < 4.78 is 11.0. The van der Waals surface area contributed by atoms with Crippen LogP contribution >= 0.6 is 24.0 Å². The first-order valence-corrected chi connectivity index (χ1v) is 7.80. The second-order valence-electron chi connectivity index (χ2n) is 5.55. The molecule has 0 atom stereocenters. The molecule has 0 amide bonds. The summed E-state index contributed by atoms with van der Waals surface area (Å²) in [5.41, 5.74) is 0.840. The molecule has 0 aromatic heterocycles. The Balaban J connectivity index is 0.00000484. The number of benzene rings is 1. The van der Waals surface area contributed by atoms with E-state index in [4.69, 9.17) is 9.47 Å². The molecule has 132 valence electrons. The number of rotatable bonds is 8. The number of hydrogen-bond donors (Lipinski definition) is 2. The van der Waals surface area contributed by atoms with E-state index in [9.17, 15) is 0 Å². The van der Waals surface area contributed by atoms with Gasteiger partial charge >= 0.3 is 0 Å². The van der Waals surface area contributed by atoms with E-state index in [2.05, 4.69) is 15.6 Å². The molecule has 5 nitrogen and oxygen atoms in total. The van der Waals surface area contributed by atoms with Gasteiger partial charge in [0.1, 0.15) is 5.75 Å². The average Bonchev–Trinajstić information content (AvgIpc) is 2.52. The molecule has 0 aliphatic heterocycles. The summed E-state index contributed by atoms with van der Waals surface area (Å²) in [5.74, 6) is 1.67. The van der Waals surface area contributed by atoms with Crippen LogP contribution in [0.3, 0.4) is 0 Å². The summed E-state index contributed by atoms with van der Waals surface area (Å²) >= 11 is 0. The van der Waals surface area contributed by atoms with Crippen LogP contribution in [0.1, 0.15) is 33.3 Å². The molecule has 1 aromatic carbocycles. The van der Waals surface area contributed by atoms with Crippen LogP contribution in [0, 0.1) is 0 Å². The van der Waals surface area contributed by atoms with Crippen molar-refractivity contribution in [2.75, 3.05) is 26.8 Å². The molecule has 23 heavy (non-hydrogen) atoms. The van der Waals surface area contributed by atoms with E-state index >= 15 is 0 Å². The van der Waals surface area contributed by atoms with Gasteiger partial charge in [0.05, 0.1) is 18.8 Å². The van der Waals surface area contributed by atoms with Gasteiger partial charge in [-0.05, 0) is 33.8 Å². The number of methoxy groups -OCH3 is 1. The number of nitrogens with zero attached hydrogens (tertiary/aromatic N) is 1. The van der Waals surface area contributed by atoms with Crippen LogP contribution in [0.15, 0.2) is 29.3 Å². The predicted molar refractivity (Wildman–Crippen MR) is 107 cm³/mol. The minimum atomic E-state index is -0.237. The lowest BCUT2D eigenvalue weighted by atomic mass is 10.1. The van der Waals surface area contributed by atoms with Crippen LogP contribution < -0.4 is 15.4 Å². The van der Waals surface area contributed by atoms with Crippen LogP contribution in [-0.4, -0.2) is 38.4 Å². The van der Waals surface area contributed by atoms with Crippen LogP contribution in [0.2, 0.25) is 0 Å². The average molecular weight is 435 g/mol. The van der Waals surface area contributed by atoms with E-state index in [0.717, 1.165) is 23.8 Å². The summed E-state index contributed by atoms with van der Waals surface area (Å²) in [7, 11) is 1.71. The normalized spacial score (nSPS) is 11.6. The third-order valence-corrected chi connectivity index (χ3v) is 3.26. The Morgan fingerprint density at radius 2 is 1.87 bits per heavy atom. The molecule has 6 heteroatoms. The maximum Gasteiger partial charge on any atom is 0.191 e. The SMILES string of the molecule is CCNC(=NCc1ccccc1OCC)NCC(C)(C)OC.I. The summed E-state index contributed by atoms with van der Waals surface area (Å²) in [4.78, 5) is 4.62.